The van der Waals surface area contributed by atoms with Gasteiger partial charge in [-0.05, 0) is 87.7 Å². The van der Waals surface area contributed by atoms with Gasteiger partial charge in [-0.1, -0.05) is 36.4 Å². The average Bonchev–Trinajstić information content (AvgIpc) is 2.91. The van der Waals surface area contributed by atoms with Crippen molar-refractivity contribution in [1.82, 2.24) is 0 Å². The smallest absolute Gasteiger partial charge is 0.0525 e. The van der Waals surface area contributed by atoms with Crippen LogP contribution in [0.1, 0.15) is 57.2 Å². The summed E-state index contributed by atoms with van der Waals surface area (Å²) in [6.45, 7) is 16.5. The first kappa shape index (κ1) is 26.3. The highest BCUT2D eigenvalue weighted by molar-refractivity contribution is 5.64. The van der Waals surface area contributed by atoms with Crippen molar-refractivity contribution in [1.29, 1.82) is 5.41 Å². The van der Waals surface area contributed by atoms with Crippen molar-refractivity contribution in [3.05, 3.63) is 89.5 Å². The van der Waals surface area contributed by atoms with Gasteiger partial charge in [0.25, 0.3) is 0 Å². The molecular weight excluding hydrogens is 428 g/mol. The van der Waals surface area contributed by atoms with E-state index in [-0.39, 0.29) is 5.92 Å². The Kier molecular flexibility index (Phi) is 9.77. The summed E-state index contributed by atoms with van der Waals surface area (Å²) < 4.78 is 0. The fraction of sp³-hybridized carbons (Fsp3) is 0.387. The third-order valence-corrected chi connectivity index (χ3v) is 6.99. The maximum absolute atomic E-state index is 7.50. The van der Waals surface area contributed by atoms with Crippen LogP contribution >= 0.6 is 0 Å². The number of rotatable bonds is 13. The summed E-state index contributed by atoms with van der Waals surface area (Å²) in [4.78, 5) is 6.98. The van der Waals surface area contributed by atoms with E-state index in [1.165, 1.54) is 34.3 Å². The first-order valence-corrected chi connectivity index (χ1v) is 13.1. The van der Waals surface area contributed by atoms with Gasteiger partial charge in [0.15, 0.2) is 0 Å². The first-order valence-electron chi connectivity index (χ1n) is 13.1. The van der Waals surface area contributed by atoms with Gasteiger partial charge in [-0.3, -0.25) is 0 Å². The lowest BCUT2D eigenvalue weighted by Gasteiger charge is -2.25. The second kappa shape index (κ2) is 13.0. The third kappa shape index (κ3) is 6.25. The van der Waals surface area contributed by atoms with Crippen LogP contribution in [0.3, 0.4) is 0 Å². The summed E-state index contributed by atoms with van der Waals surface area (Å²) in [7, 11) is 0. The normalized spacial score (nSPS) is 10.9. The fourth-order valence-electron chi connectivity index (χ4n) is 4.91. The van der Waals surface area contributed by atoms with Gasteiger partial charge in [-0.15, -0.1) is 0 Å². The molecule has 0 saturated heterocycles. The molecule has 0 radical (unpaired) electrons. The van der Waals surface area contributed by atoms with Crippen molar-refractivity contribution in [2.75, 3.05) is 54.0 Å². The van der Waals surface area contributed by atoms with E-state index in [2.05, 4.69) is 122 Å². The van der Waals surface area contributed by atoms with E-state index in [0.29, 0.717) is 6.54 Å². The lowest BCUT2D eigenvalue weighted by atomic mass is 9.85. The second-order valence-corrected chi connectivity index (χ2v) is 8.79. The molecule has 0 aromatic heterocycles. The Morgan fingerprint density at radius 2 is 0.800 bits per heavy atom. The van der Waals surface area contributed by atoms with E-state index < -0.39 is 0 Å². The SMILES string of the molecule is CCN(CC)c1ccc(C(c2ccc(N(CC)CC)cc2)c2ccc(N(CC)CC=N)cc2)cc1. The van der Waals surface area contributed by atoms with E-state index in [1.54, 1.807) is 0 Å². The van der Waals surface area contributed by atoms with Crippen LogP contribution in [0, 0.1) is 5.41 Å². The van der Waals surface area contributed by atoms with Crippen molar-refractivity contribution in [3.63, 3.8) is 0 Å². The Balaban J connectivity index is 2.01. The zero-order chi connectivity index (χ0) is 25.2. The third-order valence-electron chi connectivity index (χ3n) is 6.99. The topological polar surface area (TPSA) is 33.6 Å². The molecule has 0 heterocycles. The summed E-state index contributed by atoms with van der Waals surface area (Å²) in [5, 5.41) is 7.50. The predicted molar refractivity (Wildman–Crippen MR) is 154 cm³/mol. The molecule has 4 heteroatoms. The maximum atomic E-state index is 7.50. The van der Waals surface area contributed by atoms with Crippen molar-refractivity contribution in [3.8, 4) is 0 Å². The van der Waals surface area contributed by atoms with Crippen LogP contribution in [-0.2, 0) is 0 Å². The van der Waals surface area contributed by atoms with Crippen LogP contribution in [0.15, 0.2) is 72.8 Å². The largest absolute Gasteiger partial charge is 0.372 e. The van der Waals surface area contributed by atoms with E-state index in [0.717, 1.165) is 38.4 Å². The molecule has 186 valence electrons. The highest BCUT2D eigenvalue weighted by atomic mass is 15.1. The van der Waals surface area contributed by atoms with Crippen LogP contribution in [0.4, 0.5) is 17.1 Å². The van der Waals surface area contributed by atoms with Crippen molar-refractivity contribution in [2.45, 2.75) is 40.5 Å². The standard InChI is InChI=1S/C31H42N4/c1-6-33(7-2)28-17-11-25(12-18-28)31(26-13-19-29(20-14-26)34(8-3)9-4)27-15-21-30(22-16-27)35(10-5)24-23-32/h11-23,31-32H,6-10,24H2,1-5H3. The van der Waals surface area contributed by atoms with Gasteiger partial charge in [0.2, 0.25) is 0 Å². The van der Waals surface area contributed by atoms with E-state index in [4.69, 9.17) is 5.41 Å². The zero-order valence-electron chi connectivity index (χ0n) is 22.2. The minimum atomic E-state index is 0.165. The van der Waals surface area contributed by atoms with Crippen LogP contribution in [0.25, 0.3) is 0 Å². The summed E-state index contributed by atoms with van der Waals surface area (Å²) in [6, 6.07) is 27.1. The fourth-order valence-corrected chi connectivity index (χ4v) is 4.91. The number of benzene rings is 3. The van der Waals surface area contributed by atoms with E-state index in [9.17, 15) is 0 Å². The molecule has 0 spiro atoms. The van der Waals surface area contributed by atoms with Crippen molar-refractivity contribution in [2.24, 2.45) is 0 Å². The van der Waals surface area contributed by atoms with Crippen LogP contribution in [-0.4, -0.2) is 45.5 Å². The lowest BCUT2D eigenvalue weighted by molar-refractivity contribution is 0.862. The molecule has 0 fully saturated rings. The Bertz CT molecular complexity index is 962. The minimum Gasteiger partial charge on any atom is -0.372 e. The molecule has 0 aliphatic carbocycles. The molecule has 0 amide bonds. The molecule has 0 aliphatic heterocycles. The minimum absolute atomic E-state index is 0.165. The van der Waals surface area contributed by atoms with E-state index in [1.807, 2.05) is 0 Å². The van der Waals surface area contributed by atoms with Gasteiger partial charge in [-0.25, -0.2) is 0 Å². The predicted octanol–water partition coefficient (Wildman–Crippen LogP) is 7.04. The Labute approximate surface area is 212 Å². The van der Waals surface area contributed by atoms with Crippen molar-refractivity contribution < 1.29 is 0 Å². The Hall–Kier alpha value is -3.27. The Morgan fingerprint density at radius 1 is 0.514 bits per heavy atom. The highest BCUT2D eigenvalue weighted by Crippen LogP contribution is 2.35. The molecule has 3 aromatic rings. The number of nitrogens with one attached hydrogen (secondary N) is 1. The molecule has 0 saturated carbocycles. The van der Waals surface area contributed by atoms with Gasteiger partial charge in [0.05, 0.1) is 6.54 Å². The van der Waals surface area contributed by atoms with Gasteiger partial charge in [-0.2, -0.15) is 0 Å². The number of hydrogen-bond acceptors (Lipinski definition) is 4. The highest BCUT2D eigenvalue weighted by Gasteiger charge is 2.18. The first-order chi connectivity index (χ1) is 17.1. The quantitative estimate of drug-likeness (QED) is 0.215. The van der Waals surface area contributed by atoms with Crippen LogP contribution in [0.5, 0.6) is 0 Å². The molecule has 35 heavy (non-hydrogen) atoms. The molecular formula is C31H42N4. The maximum Gasteiger partial charge on any atom is 0.0525 e. The second-order valence-electron chi connectivity index (χ2n) is 8.79. The van der Waals surface area contributed by atoms with Crippen molar-refractivity contribution >= 4 is 23.3 Å². The molecule has 0 unspecified atom stereocenters. The summed E-state index contributed by atoms with van der Waals surface area (Å²) in [6.07, 6.45) is 1.47. The molecule has 3 rings (SSSR count). The number of anilines is 3. The van der Waals surface area contributed by atoms with E-state index >= 15 is 0 Å². The van der Waals surface area contributed by atoms with Gasteiger partial charge < -0.3 is 20.1 Å². The van der Waals surface area contributed by atoms with Gasteiger partial charge in [0, 0.05) is 61.9 Å². The monoisotopic (exact) mass is 470 g/mol. The van der Waals surface area contributed by atoms with Crippen LogP contribution < -0.4 is 14.7 Å². The molecule has 0 aliphatic rings. The zero-order valence-corrected chi connectivity index (χ0v) is 22.2. The van der Waals surface area contributed by atoms with Gasteiger partial charge >= 0.3 is 0 Å². The lowest BCUT2D eigenvalue weighted by Crippen LogP contribution is -2.24. The average molecular weight is 471 g/mol. The molecule has 3 aromatic carbocycles. The number of hydrogen-bond donors (Lipinski definition) is 1. The summed E-state index contributed by atoms with van der Waals surface area (Å²) in [5.41, 5.74) is 7.59. The molecule has 0 atom stereocenters. The summed E-state index contributed by atoms with van der Waals surface area (Å²) in [5.74, 6) is 0.165. The molecule has 0 bridgehead atoms. The summed E-state index contributed by atoms with van der Waals surface area (Å²) >= 11 is 0. The Morgan fingerprint density at radius 3 is 1.06 bits per heavy atom. The molecule has 1 N–H and O–H groups in total. The van der Waals surface area contributed by atoms with Crippen LogP contribution in [0.2, 0.25) is 0 Å². The molecule has 4 nitrogen and oxygen atoms in total. The number of nitrogens with zero attached hydrogens (tertiary/aromatic N) is 3. The van der Waals surface area contributed by atoms with Gasteiger partial charge in [0.1, 0.15) is 0 Å².